The van der Waals surface area contributed by atoms with Crippen molar-refractivity contribution in [3.05, 3.63) is 18.0 Å². The first kappa shape index (κ1) is 12.2. The number of aromatic nitrogens is 2. The molecule has 0 amide bonds. The van der Waals surface area contributed by atoms with E-state index in [1.54, 1.807) is 0 Å². The molecule has 0 aliphatic heterocycles. The maximum atomic E-state index is 4.18. The Morgan fingerprint density at radius 1 is 1.40 bits per heavy atom. The molecule has 0 fully saturated rings. The minimum absolute atomic E-state index is 0.416. The SMILES string of the molecule is CNCCC(C)(C)CCc1cnn(C)c1. The summed E-state index contributed by atoms with van der Waals surface area (Å²) in [5, 5.41) is 7.39. The largest absolute Gasteiger partial charge is 0.320 e. The molecule has 1 rings (SSSR count). The van der Waals surface area contributed by atoms with Crippen molar-refractivity contribution in [3.8, 4) is 0 Å². The zero-order chi connectivity index (χ0) is 11.3. The average Bonchev–Trinajstić information content (AvgIpc) is 2.59. The van der Waals surface area contributed by atoms with Crippen LogP contribution in [0.5, 0.6) is 0 Å². The van der Waals surface area contributed by atoms with Crippen molar-refractivity contribution < 1.29 is 0 Å². The van der Waals surface area contributed by atoms with Crippen LogP contribution in [0.25, 0.3) is 0 Å². The van der Waals surface area contributed by atoms with E-state index in [4.69, 9.17) is 0 Å². The van der Waals surface area contributed by atoms with E-state index in [1.807, 2.05) is 25.0 Å². The van der Waals surface area contributed by atoms with Gasteiger partial charge in [-0.15, -0.1) is 0 Å². The summed E-state index contributed by atoms with van der Waals surface area (Å²) in [5.74, 6) is 0. The van der Waals surface area contributed by atoms with Crippen molar-refractivity contribution in [1.29, 1.82) is 0 Å². The number of rotatable bonds is 6. The molecule has 1 aromatic heterocycles. The van der Waals surface area contributed by atoms with E-state index in [0.29, 0.717) is 5.41 Å². The molecule has 3 heteroatoms. The van der Waals surface area contributed by atoms with Gasteiger partial charge in [0.2, 0.25) is 0 Å². The van der Waals surface area contributed by atoms with Crippen molar-refractivity contribution in [2.75, 3.05) is 13.6 Å². The number of aryl methyl sites for hydroxylation is 2. The Balaban J connectivity index is 2.35. The molecule has 15 heavy (non-hydrogen) atoms. The molecule has 0 aliphatic rings. The standard InChI is InChI=1S/C12H23N3/c1-12(2,7-8-13-3)6-5-11-9-14-15(4)10-11/h9-10,13H,5-8H2,1-4H3. The highest BCUT2D eigenvalue weighted by Crippen LogP contribution is 2.26. The van der Waals surface area contributed by atoms with Crippen LogP contribution in [0.4, 0.5) is 0 Å². The molecule has 1 N–H and O–H groups in total. The minimum Gasteiger partial charge on any atom is -0.320 e. The zero-order valence-corrected chi connectivity index (χ0v) is 10.4. The van der Waals surface area contributed by atoms with E-state index in [9.17, 15) is 0 Å². The lowest BCUT2D eigenvalue weighted by atomic mass is 9.83. The molecule has 0 aliphatic carbocycles. The molecular formula is C12H23N3. The van der Waals surface area contributed by atoms with Crippen molar-refractivity contribution >= 4 is 0 Å². The summed E-state index contributed by atoms with van der Waals surface area (Å²) >= 11 is 0. The summed E-state index contributed by atoms with van der Waals surface area (Å²) < 4.78 is 1.87. The number of nitrogens with zero attached hydrogens (tertiary/aromatic N) is 2. The highest BCUT2D eigenvalue weighted by Gasteiger charge is 2.17. The van der Waals surface area contributed by atoms with Crippen molar-refractivity contribution in [2.24, 2.45) is 12.5 Å². The summed E-state index contributed by atoms with van der Waals surface area (Å²) in [7, 11) is 3.98. The Hall–Kier alpha value is -0.830. The molecule has 1 aromatic rings. The Morgan fingerprint density at radius 2 is 2.13 bits per heavy atom. The van der Waals surface area contributed by atoms with Gasteiger partial charge in [0.25, 0.3) is 0 Å². The quantitative estimate of drug-likeness (QED) is 0.776. The maximum Gasteiger partial charge on any atom is 0.0521 e. The van der Waals surface area contributed by atoms with Crippen LogP contribution in [0, 0.1) is 5.41 Å². The van der Waals surface area contributed by atoms with E-state index in [2.05, 4.69) is 30.5 Å². The fourth-order valence-electron chi connectivity index (χ4n) is 1.67. The number of nitrogens with one attached hydrogen (secondary N) is 1. The van der Waals surface area contributed by atoms with Crippen LogP contribution in [0.15, 0.2) is 12.4 Å². The van der Waals surface area contributed by atoms with Gasteiger partial charge in [0, 0.05) is 13.2 Å². The summed E-state index contributed by atoms with van der Waals surface area (Å²) in [4.78, 5) is 0. The molecule has 0 bridgehead atoms. The molecule has 0 unspecified atom stereocenters. The van der Waals surface area contributed by atoms with Crippen LogP contribution in [0.2, 0.25) is 0 Å². The smallest absolute Gasteiger partial charge is 0.0521 e. The fraction of sp³-hybridized carbons (Fsp3) is 0.750. The third-order valence-electron chi connectivity index (χ3n) is 2.90. The lowest BCUT2D eigenvalue weighted by Gasteiger charge is -2.24. The lowest BCUT2D eigenvalue weighted by molar-refractivity contribution is 0.305. The summed E-state index contributed by atoms with van der Waals surface area (Å²) in [6.07, 6.45) is 7.65. The summed E-state index contributed by atoms with van der Waals surface area (Å²) in [6.45, 7) is 5.77. The van der Waals surface area contributed by atoms with E-state index in [0.717, 1.165) is 13.0 Å². The molecule has 86 valence electrons. The number of hydrogen-bond donors (Lipinski definition) is 1. The molecule has 0 radical (unpaired) electrons. The first-order chi connectivity index (χ1) is 7.03. The van der Waals surface area contributed by atoms with Gasteiger partial charge in [-0.1, -0.05) is 13.8 Å². The first-order valence-corrected chi connectivity index (χ1v) is 5.66. The van der Waals surface area contributed by atoms with Crippen molar-refractivity contribution in [2.45, 2.75) is 33.1 Å². The third-order valence-corrected chi connectivity index (χ3v) is 2.90. The van der Waals surface area contributed by atoms with E-state index in [1.165, 1.54) is 18.4 Å². The second kappa shape index (κ2) is 5.31. The van der Waals surface area contributed by atoms with Crippen LogP contribution < -0.4 is 5.32 Å². The van der Waals surface area contributed by atoms with Gasteiger partial charge in [-0.2, -0.15) is 5.10 Å². The Labute approximate surface area is 92.9 Å². The normalized spacial score (nSPS) is 12.0. The molecule has 0 saturated heterocycles. The average molecular weight is 209 g/mol. The van der Waals surface area contributed by atoms with Gasteiger partial charge in [-0.25, -0.2) is 0 Å². The summed E-state index contributed by atoms with van der Waals surface area (Å²) in [6, 6.07) is 0. The van der Waals surface area contributed by atoms with Crippen LogP contribution in [0.3, 0.4) is 0 Å². The molecule has 0 atom stereocenters. The van der Waals surface area contributed by atoms with E-state index >= 15 is 0 Å². The topological polar surface area (TPSA) is 29.9 Å². The Kier molecular flexibility index (Phi) is 4.33. The second-order valence-electron chi connectivity index (χ2n) is 5.04. The molecule has 0 spiro atoms. The van der Waals surface area contributed by atoms with E-state index in [-0.39, 0.29) is 0 Å². The molecular weight excluding hydrogens is 186 g/mol. The first-order valence-electron chi connectivity index (χ1n) is 5.66. The highest BCUT2D eigenvalue weighted by molar-refractivity contribution is 5.04. The lowest BCUT2D eigenvalue weighted by Crippen LogP contribution is -2.20. The maximum absolute atomic E-state index is 4.18. The van der Waals surface area contributed by atoms with Crippen LogP contribution >= 0.6 is 0 Å². The van der Waals surface area contributed by atoms with Crippen molar-refractivity contribution in [1.82, 2.24) is 15.1 Å². The van der Waals surface area contributed by atoms with Gasteiger partial charge in [-0.05, 0) is 43.8 Å². The molecule has 3 nitrogen and oxygen atoms in total. The van der Waals surface area contributed by atoms with E-state index < -0.39 is 0 Å². The zero-order valence-electron chi connectivity index (χ0n) is 10.4. The second-order valence-corrected chi connectivity index (χ2v) is 5.04. The molecule has 1 heterocycles. The predicted molar refractivity (Wildman–Crippen MR) is 63.9 cm³/mol. The van der Waals surface area contributed by atoms with Crippen LogP contribution in [-0.4, -0.2) is 23.4 Å². The van der Waals surface area contributed by atoms with Gasteiger partial charge in [0.1, 0.15) is 0 Å². The van der Waals surface area contributed by atoms with Gasteiger partial charge >= 0.3 is 0 Å². The third kappa shape index (κ3) is 4.47. The predicted octanol–water partition coefficient (Wildman–Crippen LogP) is 1.99. The molecule has 0 saturated carbocycles. The van der Waals surface area contributed by atoms with Crippen molar-refractivity contribution in [3.63, 3.8) is 0 Å². The Morgan fingerprint density at radius 3 is 2.67 bits per heavy atom. The van der Waals surface area contributed by atoms with Gasteiger partial charge in [0.15, 0.2) is 0 Å². The highest BCUT2D eigenvalue weighted by atomic mass is 15.2. The number of hydrogen-bond acceptors (Lipinski definition) is 2. The summed E-state index contributed by atoms with van der Waals surface area (Å²) in [5.41, 5.74) is 1.76. The minimum atomic E-state index is 0.416. The van der Waals surface area contributed by atoms with Crippen LogP contribution in [-0.2, 0) is 13.5 Å². The molecule has 0 aromatic carbocycles. The fourth-order valence-corrected chi connectivity index (χ4v) is 1.67. The van der Waals surface area contributed by atoms with Crippen LogP contribution in [0.1, 0.15) is 32.3 Å². The van der Waals surface area contributed by atoms with Gasteiger partial charge in [0.05, 0.1) is 6.20 Å². The van der Waals surface area contributed by atoms with Gasteiger partial charge < -0.3 is 5.32 Å². The Bertz CT molecular complexity index is 289. The van der Waals surface area contributed by atoms with Gasteiger partial charge in [-0.3, -0.25) is 4.68 Å². The monoisotopic (exact) mass is 209 g/mol.